The predicted molar refractivity (Wildman–Crippen MR) is 170 cm³/mol. The van der Waals surface area contributed by atoms with Gasteiger partial charge in [-0.05, 0) is 55.7 Å². The predicted octanol–water partition coefficient (Wildman–Crippen LogP) is 5.25. The summed E-state index contributed by atoms with van der Waals surface area (Å²) in [5, 5.41) is 11.9. The van der Waals surface area contributed by atoms with E-state index < -0.39 is 12.1 Å². The van der Waals surface area contributed by atoms with E-state index in [1.165, 1.54) is 21.3 Å². The van der Waals surface area contributed by atoms with Gasteiger partial charge in [-0.25, -0.2) is 4.68 Å². The molecule has 2 atom stereocenters. The van der Waals surface area contributed by atoms with Crippen molar-refractivity contribution in [3.63, 3.8) is 0 Å². The molecule has 0 radical (unpaired) electrons. The van der Waals surface area contributed by atoms with Gasteiger partial charge in [0.15, 0.2) is 11.5 Å². The molecule has 11 heteroatoms. The lowest BCUT2D eigenvalue weighted by Crippen LogP contribution is -2.48. The van der Waals surface area contributed by atoms with Gasteiger partial charge in [0.2, 0.25) is 17.6 Å². The highest BCUT2D eigenvalue weighted by molar-refractivity contribution is 5.91. The van der Waals surface area contributed by atoms with E-state index in [0.717, 1.165) is 37.7 Å². The van der Waals surface area contributed by atoms with Gasteiger partial charge in [-0.15, -0.1) is 5.10 Å². The zero-order valence-electron chi connectivity index (χ0n) is 26.5. The van der Waals surface area contributed by atoms with Gasteiger partial charge >= 0.3 is 0 Å². The number of carbonyl (C=O) groups is 2. The molecule has 0 unspecified atom stereocenters. The fraction of sp³-hybridized carbons (Fsp3) is 0.412. The van der Waals surface area contributed by atoms with Crippen LogP contribution in [0.1, 0.15) is 62.2 Å². The van der Waals surface area contributed by atoms with Crippen LogP contribution >= 0.6 is 0 Å². The summed E-state index contributed by atoms with van der Waals surface area (Å²) in [6.45, 7) is 1.85. The molecule has 1 aromatic heterocycles. The molecule has 238 valence electrons. The van der Waals surface area contributed by atoms with E-state index in [4.69, 9.17) is 18.9 Å². The number of hydrogen-bond donors (Lipinski definition) is 1. The van der Waals surface area contributed by atoms with Crippen LogP contribution < -0.4 is 24.3 Å². The van der Waals surface area contributed by atoms with Crippen LogP contribution in [0.3, 0.4) is 0 Å². The van der Waals surface area contributed by atoms with E-state index in [9.17, 15) is 9.59 Å². The Morgan fingerprint density at radius 2 is 1.53 bits per heavy atom. The van der Waals surface area contributed by atoms with Gasteiger partial charge in [-0.3, -0.25) is 9.59 Å². The second-order valence-electron chi connectivity index (χ2n) is 11.2. The van der Waals surface area contributed by atoms with Gasteiger partial charge in [0.05, 0.1) is 40.5 Å². The molecule has 2 amide bonds. The third-order valence-corrected chi connectivity index (χ3v) is 8.43. The molecule has 5 rings (SSSR count). The number of nitrogens with zero attached hydrogens (tertiary/aromatic N) is 4. The van der Waals surface area contributed by atoms with Crippen LogP contribution in [0.15, 0.2) is 60.7 Å². The minimum atomic E-state index is -1.06. The number of aromatic nitrogens is 3. The molecule has 0 spiro atoms. The number of carbonyl (C=O) groups excluding carboxylic acids is 2. The third-order valence-electron chi connectivity index (χ3n) is 8.43. The van der Waals surface area contributed by atoms with E-state index in [1.54, 1.807) is 35.7 Å². The number of hydrogen-bond acceptors (Lipinski definition) is 8. The van der Waals surface area contributed by atoms with Gasteiger partial charge in [0, 0.05) is 11.6 Å². The molecular weight excluding hydrogens is 574 g/mol. The molecule has 3 aromatic carbocycles. The maximum absolute atomic E-state index is 14.8. The summed E-state index contributed by atoms with van der Waals surface area (Å²) in [6, 6.07) is 16.6. The second-order valence-corrected chi connectivity index (χ2v) is 11.2. The summed E-state index contributed by atoms with van der Waals surface area (Å²) >= 11 is 0. The molecule has 0 aliphatic heterocycles. The molecule has 1 fully saturated rings. The van der Waals surface area contributed by atoms with Crippen LogP contribution in [0.2, 0.25) is 0 Å². The molecule has 1 heterocycles. The standard InChI is InChI=1S/C34H41N5O6/c1-22(39-27-17-11-10-16-26(27)36-37-39)34(41)38(21-23-13-9-12-18-28(23)42-2)31(33(40)35-25-14-7-6-8-15-25)24-19-29(43-3)32(45-5)30(20-24)44-4/h9-13,16-20,22,25,31H,6-8,14-15,21H2,1-5H3,(H,35,40)/t22-,31-/m1/s1. The zero-order valence-corrected chi connectivity index (χ0v) is 26.5. The molecule has 1 aliphatic rings. The van der Waals surface area contributed by atoms with Crippen molar-refractivity contribution < 1.29 is 28.5 Å². The van der Waals surface area contributed by atoms with Gasteiger partial charge < -0.3 is 29.2 Å². The van der Waals surface area contributed by atoms with Gasteiger partial charge in [-0.1, -0.05) is 54.8 Å². The largest absolute Gasteiger partial charge is 0.496 e. The van der Waals surface area contributed by atoms with E-state index in [0.29, 0.717) is 39.6 Å². The monoisotopic (exact) mass is 615 g/mol. The van der Waals surface area contributed by atoms with Gasteiger partial charge in [0.1, 0.15) is 23.3 Å². The average molecular weight is 616 g/mol. The lowest BCUT2D eigenvalue weighted by atomic mass is 9.94. The summed E-state index contributed by atoms with van der Waals surface area (Å²) < 4.78 is 24.2. The number of ether oxygens (including phenoxy) is 4. The first-order valence-corrected chi connectivity index (χ1v) is 15.2. The number of amides is 2. The molecular formula is C34H41N5O6. The van der Waals surface area contributed by atoms with Crippen molar-refractivity contribution in [2.24, 2.45) is 0 Å². The highest BCUT2D eigenvalue weighted by Crippen LogP contribution is 2.42. The fourth-order valence-electron chi connectivity index (χ4n) is 6.09. The maximum atomic E-state index is 14.8. The Balaban J connectivity index is 1.66. The van der Waals surface area contributed by atoms with Crippen LogP contribution in [-0.2, 0) is 16.1 Å². The Morgan fingerprint density at radius 1 is 0.889 bits per heavy atom. The lowest BCUT2D eigenvalue weighted by molar-refractivity contribution is -0.144. The van der Waals surface area contributed by atoms with E-state index in [-0.39, 0.29) is 24.4 Å². The minimum absolute atomic E-state index is 0.00989. The first kappa shape index (κ1) is 31.6. The molecule has 1 N–H and O–H groups in total. The van der Waals surface area contributed by atoms with Crippen molar-refractivity contribution in [1.29, 1.82) is 0 Å². The van der Waals surface area contributed by atoms with Crippen LogP contribution in [-0.4, -0.2) is 66.2 Å². The van der Waals surface area contributed by atoms with Crippen LogP contribution in [0.5, 0.6) is 23.0 Å². The Labute approximate surface area is 263 Å². The van der Waals surface area contributed by atoms with Crippen molar-refractivity contribution in [1.82, 2.24) is 25.2 Å². The van der Waals surface area contributed by atoms with Gasteiger partial charge in [0.25, 0.3) is 0 Å². The average Bonchev–Trinajstić information content (AvgIpc) is 3.51. The number of rotatable bonds is 12. The zero-order chi connectivity index (χ0) is 31.9. The number of methoxy groups -OCH3 is 4. The van der Waals surface area contributed by atoms with Crippen molar-refractivity contribution in [3.8, 4) is 23.0 Å². The van der Waals surface area contributed by atoms with E-state index in [1.807, 2.05) is 48.5 Å². The fourth-order valence-corrected chi connectivity index (χ4v) is 6.09. The lowest BCUT2D eigenvalue weighted by Gasteiger charge is -2.35. The van der Waals surface area contributed by atoms with Crippen molar-refractivity contribution in [2.75, 3.05) is 28.4 Å². The number of para-hydroxylation sites is 2. The Morgan fingerprint density at radius 3 is 2.20 bits per heavy atom. The molecule has 45 heavy (non-hydrogen) atoms. The van der Waals surface area contributed by atoms with Crippen molar-refractivity contribution in [2.45, 2.75) is 63.7 Å². The highest BCUT2D eigenvalue weighted by atomic mass is 16.5. The first-order valence-electron chi connectivity index (χ1n) is 15.2. The van der Waals surface area contributed by atoms with Crippen molar-refractivity contribution >= 4 is 22.8 Å². The number of benzene rings is 3. The van der Waals surface area contributed by atoms with E-state index in [2.05, 4.69) is 15.6 Å². The Kier molecular flexibility index (Phi) is 10.1. The number of nitrogens with one attached hydrogen (secondary N) is 1. The first-order chi connectivity index (χ1) is 21.9. The SMILES string of the molecule is COc1ccccc1CN(C(=O)[C@@H](C)n1nnc2ccccc21)[C@@H](C(=O)NC1CCCCC1)c1cc(OC)c(OC)c(OC)c1. The summed E-state index contributed by atoms with van der Waals surface area (Å²) in [5.41, 5.74) is 2.64. The topological polar surface area (TPSA) is 117 Å². The molecule has 1 saturated carbocycles. The summed E-state index contributed by atoms with van der Waals surface area (Å²) in [4.78, 5) is 30.8. The third kappa shape index (κ3) is 6.67. The smallest absolute Gasteiger partial charge is 0.248 e. The molecule has 11 nitrogen and oxygen atoms in total. The number of fused-ring (bicyclic) bond motifs is 1. The summed E-state index contributed by atoms with van der Waals surface area (Å²) in [5.74, 6) is 1.12. The van der Waals surface area contributed by atoms with Crippen LogP contribution in [0.4, 0.5) is 0 Å². The molecule has 0 bridgehead atoms. The summed E-state index contributed by atoms with van der Waals surface area (Å²) in [7, 11) is 6.15. The Hall–Kier alpha value is -4.80. The van der Waals surface area contributed by atoms with E-state index >= 15 is 0 Å². The van der Waals surface area contributed by atoms with Gasteiger partial charge in [-0.2, -0.15) is 0 Å². The molecule has 0 saturated heterocycles. The molecule has 4 aromatic rings. The van der Waals surface area contributed by atoms with Crippen LogP contribution in [0.25, 0.3) is 11.0 Å². The highest BCUT2D eigenvalue weighted by Gasteiger charge is 2.37. The van der Waals surface area contributed by atoms with Crippen molar-refractivity contribution in [3.05, 3.63) is 71.8 Å². The normalized spacial score (nSPS) is 14.8. The van der Waals surface area contributed by atoms with Crippen LogP contribution in [0, 0.1) is 0 Å². The maximum Gasteiger partial charge on any atom is 0.248 e. The Bertz CT molecular complexity index is 1610. The quantitative estimate of drug-likeness (QED) is 0.230. The molecule has 1 aliphatic carbocycles. The summed E-state index contributed by atoms with van der Waals surface area (Å²) in [6.07, 6.45) is 5.00. The second kappa shape index (κ2) is 14.3. The minimum Gasteiger partial charge on any atom is -0.496 e.